The summed E-state index contributed by atoms with van der Waals surface area (Å²) in [6, 6.07) is 0. The highest BCUT2D eigenvalue weighted by Gasteiger charge is 2.12. The van der Waals surface area contributed by atoms with Gasteiger partial charge in [0.15, 0.2) is 6.16 Å². The van der Waals surface area contributed by atoms with Gasteiger partial charge in [-0.05, 0) is 4.57 Å². The number of hydrogen-bond acceptors (Lipinski definition) is 3. The molecule has 0 aromatic carbocycles. The van der Waals surface area contributed by atoms with Gasteiger partial charge in [-0.1, -0.05) is 0 Å². The highest BCUT2D eigenvalue weighted by Crippen LogP contribution is 2.14. The van der Waals surface area contributed by atoms with E-state index in [9.17, 15) is 4.57 Å². The highest BCUT2D eigenvalue weighted by molar-refractivity contribution is 7.37. The summed E-state index contributed by atoms with van der Waals surface area (Å²) in [4.78, 5) is 8.25. The second-order valence-electron chi connectivity index (χ2n) is 1.75. The lowest BCUT2D eigenvalue weighted by atomic mass is 10.3. The lowest BCUT2D eigenvalue weighted by molar-refractivity contribution is 0.179. The van der Waals surface area contributed by atoms with E-state index in [-0.39, 0.29) is 12.7 Å². The van der Waals surface area contributed by atoms with Crippen molar-refractivity contribution in [2.24, 2.45) is 5.73 Å². The fourth-order valence-corrected chi connectivity index (χ4v) is 0.896. The molecule has 54 valence electrons. The van der Waals surface area contributed by atoms with E-state index in [1.165, 1.54) is 0 Å². The molecule has 0 aliphatic heterocycles. The minimum Gasteiger partial charge on any atom is -0.392 e. The largest absolute Gasteiger partial charge is 0.505 e. The molecule has 5 heteroatoms. The molecule has 0 aromatic rings. The van der Waals surface area contributed by atoms with Crippen LogP contribution in [-0.4, -0.2) is 28.8 Å². The Morgan fingerprint density at radius 3 is 2.56 bits per heavy atom. The maximum Gasteiger partial charge on any atom is 0.505 e. The fourth-order valence-electron chi connectivity index (χ4n) is 0.377. The van der Waals surface area contributed by atoms with E-state index in [0.717, 1.165) is 0 Å². The Balaban J connectivity index is 3.16. The average molecular weight is 152 g/mol. The number of aliphatic hydroxyl groups is 1. The molecule has 0 aliphatic carbocycles. The van der Waals surface area contributed by atoms with E-state index in [0.29, 0.717) is 6.42 Å². The quantitative estimate of drug-likeness (QED) is 0.471. The summed E-state index contributed by atoms with van der Waals surface area (Å²) in [5.74, 6) is 0. The van der Waals surface area contributed by atoms with Gasteiger partial charge in [0.2, 0.25) is 0 Å². The minimum absolute atomic E-state index is 0.133. The van der Waals surface area contributed by atoms with Gasteiger partial charge in [-0.3, -0.25) is 0 Å². The van der Waals surface area contributed by atoms with Crippen molar-refractivity contribution in [2.75, 3.05) is 12.7 Å². The van der Waals surface area contributed by atoms with E-state index >= 15 is 0 Å². The molecule has 0 amide bonds. The zero-order valence-electron chi connectivity index (χ0n) is 5.03. The number of aliphatic hydroxyl groups excluding tert-OH is 1. The zero-order valence-corrected chi connectivity index (χ0v) is 5.92. The van der Waals surface area contributed by atoms with Crippen molar-refractivity contribution in [1.29, 1.82) is 0 Å². The van der Waals surface area contributed by atoms with E-state index in [4.69, 9.17) is 15.7 Å². The van der Waals surface area contributed by atoms with Gasteiger partial charge in [0.1, 0.15) is 0 Å². The summed E-state index contributed by atoms with van der Waals surface area (Å²) < 4.78 is 10.0. The second kappa shape index (κ2) is 4.82. The van der Waals surface area contributed by atoms with Crippen LogP contribution in [0.5, 0.6) is 0 Å². The predicted octanol–water partition coefficient (Wildman–Crippen LogP) is -0.569. The van der Waals surface area contributed by atoms with Gasteiger partial charge in [0, 0.05) is 13.0 Å². The first-order chi connectivity index (χ1) is 4.16. The van der Waals surface area contributed by atoms with Crippen molar-refractivity contribution >= 4 is 8.03 Å². The molecule has 0 aromatic heterocycles. The number of nitrogens with two attached hydrogens (primary N) is 1. The third-order valence-electron chi connectivity index (χ3n) is 0.926. The smallest absolute Gasteiger partial charge is 0.392 e. The standard InChI is InChI=1S/C4H10NO3P/c5-3-4(6)1-2-9(7)8/h4,6H,1-3,5H2/p+1/t4-/m1/s1. The van der Waals surface area contributed by atoms with Crippen molar-refractivity contribution in [3.05, 3.63) is 0 Å². The number of hydrogen-bond donors (Lipinski definition) is 3. The van der Waals surface area contributed by atoms with Crippen LogP contribution in [0.15, 0.2) is 0 Å². The summed E-state index contributed by atoms with van der Waals surface area (Å²) in [5, 5.41) is 8.74. The van der Waals surface area contributed by atoms with Crippen LogP contribution in [0.2, 0.25) is 0 Å². The van der Waals surface area contributed by atoms with Crippen LogP contribution in [0, 0.1) is 0 Å². The molecule has 9 heavy (non-hydrogen) atoms. The molecule has 0 saturated carbocycles. The minimum atomic E-state index is -2.10. The fraction of sp³-hybridized carbons (Fsp3) is 1.00. The summed E-state index contributed by atoms with van der Waals surface area (Å²) in [6.07, 6.45) is -0.188. The van der Waals surface area contributed by atoms with E-state index in [1.807, 2.05) is 0 Å². The van der Waals surface area contributed by atoms with Crippen molar-refractivity contribution < 1.29 is 14.6 Å². The van der Waals surface area contributed by atoms with Crippen molar-refractivity contribution in [3.63, 3.8) is 0 Å². The van der Waals surface area contributed by atoms with E-state index in [2.05, 4.69) is 0 Å². The molecule has 0 radical (unpaired) electrons. The van der Waals surface area contributed by atoms with Crippen LogP contribution in [0.25, 0.3) is 0 Å². The molecule has 1 unspecified atom stereocenters. The van der Waals surface area contributed by atoms with Crippen molar-refractivity contribution in [3.8, 4) is 0 Å². The van der Waals surface area contributed by atoms with Crippen LogP contribution in [0.4, 0.5) is 0 Å². The molecule has 4 N–H and O–H groups in total. The first-order valence-corrected chi connectivity index (χ1v) is 4.08. The topological polar surface area (TPSA) is 83.5 Å². The molecule has 0 spiro atoms. The SMILES string of the molecule is NC[C@H](O)CC[P+](=O)O. The van der Waals surface area contributed by atoms with Gasteiger partial charge in [-0.15, -0.1) is 0 Å². The van der Waals surface area contributed by atoms with Crippen LogP contribution in [-0.2, 0) is 4.57 Å². The molecule has 0 rings (SSSR count). The molecule has 4 nitrogen and oxygen atoms in total. The van der Waals surface area contributed by atoms with E-state index < -0.39 is 14.1 Å². The average Bonchev–Trinajstić information content (AvgIpc) is 1.83. The van der Waals surface area contributed by atoms with Crippen LogP contribution in [0.3, 0.4) is 0 Å². The summed E-state index contributed by atoms with van der Waals surface area (Å²) in [7, 11) is -2.10. The summed E-state index contributed by atoms with van der Waals surface area (Å²) >= 11 is 0. The molecule has 0 fully saturated rings. The molecule has 2 atom stereocenters. The Bertz CT molecular complexity index is 97.8. The Morgan fingerprint density at radius 1 is 1.67 bits per heavy atom. The van der Waals surface area contributed by atoms with Gasteiger partial charge >= 0.3 is 8.03 Å². The van der Waals surface area contributed by atoms with Crippen molar-refractivity contribution in [1.82, 2.24) is 0 Å². The van der Waals surface area contributed by atoms with Crippen LogP contribution >= 0.6 is 8.03 Å². The molecular formula is C4H11NO3P+. The molecular weight excluding hydrogens is 141 g/mol. The van der Waals surface area contributed by atoms with Gasteiger partial charge in [0.25, 0.3) is 0 Å². The van der Waals surface area contributed by atoms with E-state index in [1.54, 1.807) is 0 Å². The van der Waals surface area contributed by atoms with Crippen LogP contribution < -0.4 is 5.73 Å². The lowest BCUT2D eigenvalue weighted by Crippen LogP contribution is -2.19. The van der Waals surface area contributed by atoms with Gasteiger partial charge in [-0.25, -0.2) is 0 Å². The van der Waals surface area contributed by atoms with Gasteiger partial charge in [0.05, 0.1) is 6.10 Å². The van der Waals surface area contributed by atoms with Crippen LogP contribution in [0.1, 0.15) is 6.42 Å². The summed E-state index contributed by atoms with van der Waals surface area (Å²) in [6.45, 7) is 0.156. The Hall–Kier alpha value is -0.0200. The maximum atomic E-state index is 10.0. The third kappa shape index (κ3) is 5.86. The third-order valence-corrected chi connectivity index (χ3v) is 1.57. The number of rotatable bonds is 4. The predicted molar refractivity (Wildman–Crippen MR) is 34.4 cm³/mol. The van der Waals surface area contributed by atoms with Gasteiger partial charge < -0.3 is 10.8 Å². The molecule has 0 aliphatic rings. The lowest BCUT2D eigenvalue weighted by Gasteiger charge is -1.99. The zero-order chi connectivity index (χ0) is 7.28. The normalized spacial score (nSPS) is 15.2. The first-order valence-electron chi connectivity index (χ1n) is 2.68. The Labute approximate surface area is 54.6 Å². The Kier molecular flexibility index (Phi) is 4.81. The molecule has 0 bridgehead atoms. The summed E-state index contributed by atoms with van der Waals surface area (Å²) in [5.41, 5.74) is 5.03. The molecule has 0 saturated heterocycles. The molecule has 0 heterocycles. The monoisotopic (exact) mass is 152 g/mol. The maximum absolute atomic E-state index is 10.0. The van der Waals surface area contributed by atoms with Crippen molar-refractivity contribution in [2.45, 2.75) is 12.5 Å². The second-order valence-corrected chi connectivity index (χ2v) is 2.91. The highest BCUT2D eigenvalue weighted by atomic mass is 31.1. The first kappa shape index (κ1) is 8.98. The van der Waals surface area contributed by atoms with Gasteiger partial charge in [-0.2, -0.15) is 4.89 Å². The Morgan fingerprint density at radius 2 is 2.22 bits per heavy atom.